The number of imide groups is 1. The molecule has 4 saturated carbocycles. The number of benzene rings is 2. The van der Waals surface area contributed by atoms with Crippen LogP contribution in [0, 0.1) is 17.8 Å². The third-order valence-corrected chi connectivity index (χ3v) is 8.48. The molecule has 0 radical (unpaired) electrons. The number of rotatable bonds is 5. The number of amides is 3. The van der Waals surface area contributed by atoms with Crippen molar-refractivity contribution in [3.8, 4) is 0 Å². The van der Waals surface area contributed by atoms with Gasteiger partial charge in [-0.15, -0.1) is 0 Å². The van der Waals surface area contributed by atoms with E-state index in [4.69, 9.17) is 5.73 Å². The van der Waals surface area contributed by atoms with Gasteiger partial charge >= 0.3 is 6.03 Å². The van der Waals surface area contributed by atoms with Crippen molar-refractivity contribution in [2.75, 3.05) is 5.73 Å². The zero-order valence-electron chi connectivity index (χ0n) is 18.4. The molecule has 1 aliphatic heterocycles. The van der Waals surface area contributed by atoms with Gasteiger partial charge in [-0.1, -0.05) is 42.5 Å². The molecule has 7 rings (SSSR count). The Morgan fingerprint density at radius 2 is 1.34 bits per heavy atom. The van der Waals surface area contributed by atoms with Crippen LogP contribution >= 0.6 is 0 Å². The number of urea groups is 1. The van der Waals surface area contributed by atoms with Gasteiger partial charge in [0.25, 0.3) is 5.91 Å². The molecule has 3 N–H and O–H groups in total. The number of carbonyl (C=O) groups excluding carboxylic acids is 2. The molecule has 5 nitrogen and oxygen atoms in total. The number of nitrogens with one attached hydrogen (secondary N) is 1. The Bertz CT molecular complexity index is 1010. The summed E-state index contributed by atoms with van der Waals surface area (Å²) >= 11 is 0. The summed E-state index contributed by atoms with van der Waals surface area (Å²) in [6.07, 6.45) is 7.77. The lowest BCUT2D eigenvalue weighted by molar-refractivity contribution is -0.144. The largest absolute Gasteiger partial charge is 0.399 e. The van der Waals surface area contributed by atoms with Gasteiger partial charge in [0.2, 0.25) is 0 Å². The first-order valence-corrected chi connectivity index (χ1v) is 12.0. The van der Waals surface area contributed by atoms with Crippen molar-refractivity contribution in [1.82, 2.24) is 10.2 Å². The van der Waals surface area contributed by atoms with Crippen molar-refractivity contribution in [1.29, 1.82) is 0 Å². The molecule has 1 heterocycles. The number of carbonyl (C=O) groups is 2. The molecule has 5 heteroatoms. The quantitative estimate of drug-likeness (QED) is 0.549. The Morgan fingerprint density at radius 1 is 0.812 bits per heavy atom. The molecule has 166 valence electrons. The second-order valence-electron chi connectivity index (χ2n) is 10.9. The minimum atomic E-state index is -0.960. The minimum Gasteiger partial charge on any atom is -0.399 e. The summed E-state index contributed by atoms with van der Waals surface area (Å²) in [4.78, 5) is 29.5. The highest BCUT2D eigenvalue weighted by molar-refractivity contribution is 6.08. The number of nitrogens with two attached hydrogens (primary N) is 1. The van der Waals surface area contributed by atoms with Gasteiger partial charge in [-0.2, -0.15) is 0 Å². The molecule has 5 aliphatic rings. The van der Waals surface area contributed by atoms with Crippen LogP contribution < -0.4 is 11.1 Å². The highest BCUT2D eigenvalue weighted by Crippen LogP contribution is 2.58. The van der Waals surface area contributed by atoms with Crippen molar-refractivity contribution in [2.24, 2.45) is 17.8 Å². The average molecular weight is 430 g/mol. The SMILES string of the molecule is Nc1ccc(CC2(Cc3ccccc3)NC(=O)N(C34CC5CC(CC(C5)C3)C4)C2=O)cc1. The van der Waals surface area contributed by atoms with Crippen molar-refractivity contribution in [3.05, 3.63) is 65.7 Å². The number of anilines is 1. The second-order valence-corrected chi connectivity index (χ2v) is 10.9. The van der Waals surface area contributed by atoms with Gasteiger partial charge in [0, 0.05) is 18.5 Å². The van der Waals surface area contributed by atoms with Crippen molar-refractivity contribution in [3.63, 3.8) is 0 Å². The van der Waals surface area contributed by atoms with Gasteiger partial charge in [-0.05, 0) is 79.5 Å². The number of hydrogen-bond acceptors (Lipinski definition) is 3. The predicted molar refractivity (Wildman–Crippen MR) is 124 cm³/mol. The Labute approximate surface area is 189 Å². The maximum atomic E-state index is 14.2. The van der Waals surface area contributed by atoms with Crippen LogP contribution in [0.5, 0.6) is 0 Å². The molecular weight excluding hydrogens is 398 g/mol. The van der Waals surface area contributed by atoms with Crippen molar-refractivity contribution >= 4 is 17.6 Å². The first kappa shape index (κ1) is 19.8. The highest BCUT2D eigenvalue weighted by atomic mass is 16.2. The van der Waals surface area contributed by atoms with Gasteiger partial charge in [-0.25, -0.2) is 4.79 Å². The van der Waals surface area contributed by atoms with Crippen LogP contribution in [0.3, 0.4) is 0 Å². The van der Waals surface area contributed by atoms with E-state index in [9.17, 15) is 9.59 Å². The fourth-order valence-electron chi connectivity index (χ4n) is 7.62. The molecule has 2 aromatic rings. The topological polar surface area (TPSA) is 75.4 Å². The van der Waals surface area contributed by atoms with E-state index < -0.39 is 5.54 Å². The third kappa shape index (κ3) is 3.13. The molecule has 3 amide bonds. The lowest BCUT2D eigenvalue weighted by Gasteiger charge is -2.58. The Kier molecular flexibility index (Phi) is 4.40. The van der Waals surface area contributed by atoms with Crippen LogP contribution in [0.2, 0.25) is 0 Å². The van der Waals surface area contributed by atoms with Gasteiger partial charge in [0.1, 0.15) is 5.54 Å². The van der Waals surface area contributed by atoms with Gasteiger partial charge < -0.3 is 11.1 Å². The zero-order valence-corrected chi connectivity index (χ0v) is 18.4. The number of nitrogens with zero attached hydrogens (tertiary/aromatic N) is 1. The molecule has 0 aromatic heterocycles. The summed E-state index contributed by atoms with van der Waals surface area (Å²) in [6, 6.07) is 17.5. The smallest absolute Gasteiger partial charge is 0.325 e. The predicted octanol–water partition coefficient (Wildman–Crippen LogP) is 4.31. The molecule has 4 bridgehead atoms. The van der Waals surface area contributed by atoms with E-state index >= 15 is 0 Å². The summed E-state index contributed by atoms with van der Waals surface area (Å²) in [6.45, 7) is 0. The second kappa shape index (κ2) is 7.09. The maximum absolute atomic E-state index is 14.2. The van der Waals surface area contributed by atoms with Crippen LogP contribution in [0.4, 0.5) is 10.5 Å². The van der Waals surface area contributed by atoms with E-state index in [1.54, 1.807) is 4.90 Å². The summed E-state index contributed by atoms with van der Waals surface area (Å²) in [5.74, 6) is 1.97. The van der Waals surface area contributed by atoms with Crippen LogP contribution in [0.15, 0.2) is 54.6 Å². The van der Waals surface area contributed by atoms with E-state index in [1.807, 2.05) is 54.6 Å². The van der Waals surface area contributed by atoms with E-state index in [1.165, 1.54) is 19.3 Å². The molecule has 1 unspecified atom stereocenters. The van der Waals surface area contributed by atoms with E-state index in [2.05, 4.69) is 5.32 Å². The Balaban J connectivity index is 1.38. The fourth-order valence-corrected chi connectivity index (χ4v) is 7.62. The monoisotopic (exact) mass is 429 g/mol. The van der Waals surface area contributed by atoms with Crippen molar-refractivity contribution < 1.29 is 9.59 Å². The Morgan fingerprint density at radius 3 is 1.91 bits per heavy atom. The summed E-state index contributed by atoms with van der Waals surface area (Å²) in [7, 11) is 0. The summed E-state index contributed by atoms with van der Waals surface area (Å²) < 4.78 is 0. The van der Waals surface area contributed by atoms with E-state index in [0.29, 0.717) is 36.3 Å². The zero-order chi connectivity index (χ0) is 21.9. The molecular formula is C27H31N3O2. The van der Waals surface area contributed by atoms with E-state index in [0.717, 1.165) is 30.4 Å². The molecule has 32 heavy (non-hydrogen) atoms. The molecule has 1 atom stereocenters. The molecule has 5 fully saturated rings. The van der Waals surface area contributed by atoms with Gasteiger partial charge in [0.05, 0.1) is 5.54 Å². The molecule has 4 aliphatic carbocycles. The standard InChI is InChI=1S/C27H31N3O2/c28-23-8-6-19(7-9-23)17-27(16-18-4-2-1-3-5-18)24(31)30(25(32)29-27)26-13-20-10-21(14-26)12-22(11-20)15-26/h1-9,20-22H,10-17,28H2,(H,29,32). The highest BCUT2D eigenvalue weighted by Gasteiger charge is 2.62. The summed E-state index contributed by atoms with van der Waals surface area (Å²) in [5, 5.41) is 3.21. The first-order valence-electron chi connectivity index (χ1n) is 12.0. The third-order valence-electron chi connectivity index (χ3n) is 8.48. The van der Waals surface area contributed by atoms with Crippen molar-refractivity contribution in [2.45, 2.75) is 62.4 Å². The van der Waals surface area contributed by atoms with Gasteiger partial charge in [0.15, 0.2) is 0 Å². The summed E-state index contributed by atoms with van der Waals surface area (Å²) in [5.41, 5.74) is 7.41. The fraction of sp³-hybridized carbons (Fsp3) is 0.481. The van der Waals surface area contributed by atoms with Crippen LogP contribution in [0.25, 0.3) is 0 Å². The number of hydrogen-bond donors (Lipinski definition) is 2. The maximum Gasteiger partial charge on any atom is 0.325 e. The minimum absolute atomic E-state index is 0.0369. The van der Waals surface area contributed by atoms with Crippen LogP contribution in [-0.2, 0) is 17.6 Å². The lowest BCUT2D eigenvalue weighted by Crippen LogP contribution is -2.62. The lowest BCUT2D eigenvalue weighted by atomic mass is 9.52. The Hall–Kier alpha value is -2.82. The average Bonchev–Trinajstić information content (AvgIpc) is 2.99. The molecule has 1 saturated heterocycles. The number of nitrogen functional groups attached to an aromatic ring is 1. The van der Waals surface area contributed by atoms with Gasteiger partial charge in [-0.3, -0.25) is 9.69 Å². The normalized spacial score (nSPS) is 35.4. The molecule has 2 aromatic carbocycles. The molecule has 0 spiro atoms. The van der Waals surface area contributed by atoms with E-state index in [-0.39, 0.29) is 17.5 Å². The first-order chi connectivity index (χ1) is 15.4. The van der Waals surface area contributed by atoms with Crippen LogP contribution in [-0.4, -0.2) is 27.9 Å². The van der Waals surface area contributed by atoms with Crippen LogP contribution in [0.1, 0.15) is 49.7 Å².